The minimum absolute atomic E-state index is 0.0430. The van der Waals surface area contributed by atoms with E-state index in [4.69, 9.17) is 0 Å². The molecule has 0 radical (unpaired) electrons. The number of alkyl halides is 3. The van der Waals surface area contributed by atoms with E-state index in [0.29, 0.717) is 24.8 Å². The Hall–Kier alpha value is -2.05. The molecule has 1 aliphatic rings. The lowest BCUT2D eigenvalue weighted by Gasteiger charge is -2.33. The molecule has 138 valence electrons. The molecule has 0 heterocycles. The van der Waals surface area contributed by atoms with Crippen molar-refractivity contribution in [1.82, 2.24) is 10.6 Å². The van der Waals surface area contributed by atoms with E-state index in [9.17, 15) is 22.8 Å². The average Bonchev–Trinajstić information content (AvgIpc) is 2.54. The second-order valence-electron chi connectivity index (χ2n) is 6.48. The number of aryl methyl sites for hydroxylation is 1. The van der Waals surface area contributed by atoms with Gasteiger partial charge in [-0.05, 0) is 31.9 Å². The summed E-state index contributed by atoms with van der Waals surface area (Å²) < 4.78 is 39.0. The van der Waals surface area contributed by atoms with Crippen LogP contribution in [0.3, 0.4) is 0 Å². The first-order chi connectivity index (χ1) is 11.8. The van der Waals surface area contributed by atoms with Gasteiger partial charge in [0, 0.05) is 24.6 Å². The number of carbonyl (C=O) groups is 2. The molecule has 7 heteroatoms. The molecule has 0 saturated heterocycles. The third-order valence-electron chi connectivity index (χ3n) is 4.45. The molecule has 4 nitrogen and oxygen atoms in total. The Morgan fingerprint density at radius 2 is 1.92 bits per heavy atom. The zero-order valence-electron chi connectivity index (χ0n) is 14.2. The van der Waals surface area contributed by atoms with Crippen molar-refractivity contribution in [2.24, 2.45) is 5.92 Å². The summed E-state index contributed by atoms with van der Waals surface area (Å²) in [4.78, 5) is 23.9. The fraction of sp³-hybridized carbons (Fsp3) is 0.556. The molecule has 1 aromatic carbocycles. The summed E-state index contributed by atoms with van der Waals surface area (Å²) in [6, 6.07) is 6.15. The molecule has 0 bridgehead atoms. The molecule has 2 rings (SSSR count). The monoisotopic (exact) mass is 356 g/mol. The van der Waals surface area contributed by atoms with Crippen molar-refractivity contribution in [3.8, 4) is 0 Å². The SMILES string of the molecule is Cc1cccc(C(=O)NCCC(=O)N[C@@H]2CCCC[C@H]2C(F)(F)F)c1. The van der Waals surface area contributed by atoms with Gasteiger partial charge in [0.25, 0.3) is 5.91 Å². The highest BCUT2D eigenvalue weighted by Gasteiger charge is 2.45. The van der Waals surface area contributed by atoms with Gasteiger partial charge >= 0.3 is 6.18 Å². The fourth-order valence-corrected chi connectivity index (χ4v) is 3.15. The molecule has 25 heavy (non-hydrogen) atoms. The molecule has 1 aliphatic carbocycles. The molecule has 1 aromatic rings. The lowest BCUT2D eigenvalue weighted by atomic mass is 9.84. The van der Waals surface area contributed by atoms with Crippen LogP contribution < -0.4 is 10.6 Å². The normalized spacial score (nSPS) is 20.8. The minimum Gasteiger partial charge on any atom is -0.353 e. The predicted octanol–water partition coefficient (Wildman–Crippen LogP) is 3.35. The summed E-state index contributed by atoms with van der Waals surface area (Å²) in [6.45, 7) is 1.95. The van der Waals surface area contributed by atoms with Crippen molar-refractivity contribution in [1.29, 1.82) is 0 Å². The van der Waals surface area contributed by atoms with Crippen LogP contribution in [0, 0.1) is 12.8 Å². The van der Waals surface area contributed by atoms with Crippen LogP contribution in [0.1, 0.15) is 48.0 Å². The quantitative estimate of drug-likeness (QED) is 0.850. The van der Waals surface area contributed by atoms with Gasteiger partial charge in [-0.3, -0.25) is 9.59 Å². The zero-order valence-corrected chi connectivity index (χ0v) is 14.2. The van der Waals surface area contributed by atoms with E-state index in [-0.39, 0.29) is 25.3 Å². The van der Waals surface area contributed by atoms with E-state index in [1.807, 2.05) is 13.0 Å². The largest absolute Gasteiger partial charge is 0.393 e. The van der Waals surface area contributed by atoms with E-state index < -0.39 is 24.0 Å². The van der Waals surface area contributed by atoms with Crippen LogP contribution in [0.15, 0.2) is 24.3 Å². The molecular weight excluding hydrogens is 333 g/mol. The zero-order chi connectivity index (χ0) is 18.4. The maximum absolute atomic E-state index is 13.0. The van der Waals surface area contributed by atoms with Gasteiger partial charge in [0.1, 0.15) is 0 Å². The summed E-state index contributed by atoms with van der Waals surface area (Å²) in [5.41, 5.74) is 1.44. The third kappa shape index (κ3) is 5.76. The lowest BCUT2D eigenvalue weighted by Crippen LogP contribution is -2.48. The van der Waals surface area contributed by atoms with Gasteiger partial charge in [0.2, 0.25) is 5.91 Å². The van der Waals surface area contributed by atoms with Crippen LogP contribution in [0.5, 0.6) is 0 Å². The van der Waals surface area contributed by atoms with Crippen LogP contribution in [0.25, 0.3) is 0 Å². The summed E-state index contributed by atoms with van der Waals surface area (Å²) in [7, 11) is 0. The van der Waals surface area contributed by atoms with E-state index >= 15 is 0 Å². The number of rotatable bonds is 5. The molecule has 2 amide bonds. The fourth-order valence-electron chi connectivity index (χ4n) is 3.15. The Bertz CT molecular complexity index is 617. The highest BCUT2D eigenvalue weighted by atomic mass is 19.4. The van der Waals surface area contributed by atoms with E-state index in [2.05, 4.69) is 10.6 Å². The second-order valence-corrected chi connectivity index (χ2v) is 6.48. The van der Waals surface area contributed by atoms with E-state index in [0.717, 1.165) is 5.56 Å². The Balaban J connectivity index is 1.79. The summed E-state index contributed by atoms with van der Waals surface area (Å²) >= 11 is 0. The second kappa shape index (κ2) is 8.36. The Labute approximate surface area is 145 Å². The number of hydrogen-bond donors (Lipinski definition) is 2. The first kappa shape index (κ1) is 19.3. The van der Waals surface area contributed by atoms with Crippen LogP contribution >= 0.6 is 0 Å². The number of benzene rings is 1. The number of nitrogens with one attached hydrogen (secondary N) is 2. The first-order valence-electron chi connectivity index (χ1n) is 8.48. The Morgan fingerprint density at radius 1 is 1.20 bits per heavy atom. The van der Waals surface area contributed by atoms with Gasteiger partial charge in [0.15, 0.2) is 0 Å². The number of halogens is 3. The third-order valence-corrected chi connectivity index (χ3v) is 4.45. The molecule has 0 aliphatic heterocycles. The van der Waals surface area contributed by atoms with Gasteiger partial charge in [-0.1, -0.05) is 30.5 Å². The standard InChI is InChI=1S/C18H23F3N2O2/c1-12-5-4-6-13(11-12)17(25)22-10-9-16(24)23-15-8-3-2-7-14(15)18(19,20)21/h4-6,11,14-15H,2-3,7-10H2,1H3,(H,22,25)(H,23,24)/t14-,15-/m1/s1. The highest BCUT2D eigenvalue weighted by Crippen LogP contribution is 2.37. The summed E-state index contributed by atoms with van der Waals surface area (Å²) in [5, 5.41) is 5.10. The van der Waals surface area contributed by atoms with Crippen molar-refractivity contribution in [3.63, 3.8) is 0 Å². The van der Waals surface area contributed by atoms with Crippen molar-refractivity contribution in [2.75, 3.05) is 6.54 Å². The maximum Gasteiger partial charge on any atom is 0.393 e. The smallest absolute Gasteiger partial charge is 0.353 e. The van der Waals surface area contributed by atoms with Crippen LogP contribution in [0.2, 0.25) is 0 Å². The first-order valence-corrected chi connectivity index (χ1v) is 8.48. The van der Waals surface area contributed by atoms with Crippen molar-refractivity contribution >= 4 is 11.8 Å². The summed E-state index contributed by atoms with van der Waals surface area (Å²) in [5.74, 6) is -2.25. The molecule has 0 aromatic heterocycles. The van der Waals surface area contributed by atoms with E-state index in [1.165, 1.54) is 0 Å². The van der Waals surface area contributed by atoms with Gasteiger partial charge in [-0.25, -0.2) is 0 Å². The minimum atomic E-state index is -4.29. The summed E-state index contributed by atoms with van der Waals surface area (Å²) in [6.07, 6.45) is -2.73. The molecule has 2 atom stereocenters. The average molecular weight is 356 g/mol. The molecule has 1 fully saturated rings. The number of hydrogen-bond acceptors (Lipinski definition) is 2. The van der Waals surface area contributed by atoms with E-state index in [1.54, 1.807) is 18.2 Å². The van der Waals surface area contributed by atoms with Gasteiger partial charge in [0.05, 0.1) is 5.92 Å². The Kier molecular flexibility index (Phi) is 6.45. The lowest BCUT2D eigenvalue weighted by molar-refractivity contribution is -0.189. The molecule has 2 N–H and O–H groups in total. The highest BCUT2D eigenvalue weighted by molar-refractivity contribution is 5.94. The maximum atomic E-state index is 13.0. The van der Waals surface area contributed by atoms with Gasteiger partial charge in [-0.15, -0.1) is 0 Å². The van der Waals surface area contributed by atoms with Crippen molar-refractivity contribution in [2.45, 2.75) is 51.2 Å². The van der Waals surface area contributed by atoms with Crippen LogP contribution in [-0.4, -0.2) is 30.6 Å². The van der Waals surface area contributed by atoms with Crippen LogP contribution in [-0.2, 0) is 4.79 Å². The topological polar surface area (TPSA) is 58.2 Å². The van der Waals surface area contributed by atoms with Crippen molar-refractivity contribution < 1.29 is 22.8 Å². The Morgan fingerprint density at radius 3 is 2.60 bits per heavy atom. The molecular formula is C18H23F3N2O2. The molecule has 0 unspecified atom stereocenters. The number of carbonyl (C=O) groups excluding carboxylic acids is 2. The number of amides is 2. The molecule has 0 spiro atoms. The van der Waals surface area contributed by atoms with Gasteiger partial charge in [-0.2, -0.15) is 13.2 Å². The van der Waals surface area contributed by atoms with Gasteiger partial charge < -0.3 is 10.6 Å². The molecule has 1 saturated carbocycles. The predicted molar refractivity (Wildman–Crippen MR) is 88.1 cm³/mol. The van der Waals surface area contributed by atoms with Crippen molar-refractivity contribution in [3.05, 3.63) is 35.4 Å². The van der Waals surface area contributed by atoms with Crippen LogP contribution in [0.4, 0.5) is 13.2 Å².